The van der Waals surface area contributed by atoms with E-state index in [1.807, 2.05) is 39.8 Å². The van der Waals surface area contributed by atoms with Crippen molar-refractivity contribution in [3.63, 3.8) is 0 Å². The fourth-order valence-electron chi connectivity index (χ4n) is 1.38. The van der Waals surface area contributed by atoms with Crippen molar-refractivity contribution < 1.29 is 14.3 Å². The summed E-state index contributed by atoms with van der Waals surface area (Å²) in [5, 5.41) is 0. The summed E-state index contributed by atoms with van der Waals surface area (Å²) in [5.41, 5.74) is 1.14. The Morgan fingerprint density at radius 1 is 1.39 bits per heavy atom. The monoisotopic (exact) mass is 266 g/mol. The largest absolute Gasteiger partial charge is 0.459 e. The van der Waals surface area contributed by atoms with Gasteiger partial charge in [0.1, 0.15) is 11.9 Å². The van der Waals surface area contributed by atoms with Crippen LogP contribution < -0.4 is 0 Å². The molecule has 0 aliphatic carbocycles. The molecule has 0 spiro atoms. The molecule has 0 bridgehead atoms. The van der Waals surface area contributed by atoms with Crippen LogP contribution in [0.3, 0.4) is 0 Å². The number of aldehydes is 1. The highest BCUT2D eigenvalue weighted by Gasteiger charge is 2.16. The Labute approximate surface area is 112 Å². The maximum atomic E-state index is 11.5. The quantitative estimate of drug-likeness (QED) is 0.477. The average molecular weight is 266 g/mol. The third kappa shape index (κ3) is 4.92. The predicted molar refractivity (Wildman–Crippen MR) is 73.1 cm³/mol. The molecule has 0 heterocycles. The third-order valence-corrected chi connectivity index (χ3v) is 3.11. The topological polar surface area (TPSA) is 43.4 Å². The number of benzene rings is 1. The molecule has 1 rings (SSSR count). The van der Waals surface area contributed by atoms with Crippen LogP contribution >= 0.6 is 11.8 Å². The van der Waals surface area contributed by atoms with Crippen molar-refractivity contribution in [2.75, 3.05) is 5.75 Å². The lowest BCUT2D eigenvalue weighted by molar-refractivity contribution is -0.151. The molecule has 0 aromatic heterocycles. The number of thioether (sulfide) groups is 1. The molecule has 1 aromatic carbocycles. The Balaban J connectivity index is 2.56. The van der Waals surface area contributed by atoms with Gasteiger partial charge in [0.15, 0.2) is 0 Å². The first kappa shape index (κ1) is 14.8. The summed E-state index contributed by atoms with van der Waals surface area (Å²) in [4.78, 5) is 23.2. The molecule has 0 fully saturated rings. The zero-order valence-corrected chi connectivity index (χ0v) is 12.0. The molecule has 0 saturated heterocycles. The van der Waals surface area contributed by atoms with Crippen LogP contribution in [0, 0.1) is 6.92 Å². The molecule has 0 amide bonds. The van der Waals surface area contributed by atoms with Gasteiger partial charge >= 0.3 is 5.97 Å². The van der Waals surface area contributed by atoms with Gasteiger partial charge in [-0.3, -0.25) is 9.59 Å². The van der Waals surface area contributed by atoms with Crippen LogP contribution in [0.15, 0.2) is 23.1 Å². The Morgan fingerprint density at radius 2 is 2.06 bits per heavy atom. The summed E-state index contributed by atoms with van der Waals surface area (Å²) in [6, 6.07) is 5.50. The van der Waals surface area contributed by atoms with E-state index in [-0.39, 0.29) is 11.7 Å². The van der Waals surface area contributed by atoms with E-state index in [2.05, 4.69) is 0 Å². The fraction of sp³-hybridized carbons (Fsp3) is 0.429. The first-order chi connectivity index (χ1) is 8.31. The third-order valence-electron chi connectivity index (χ3n) is 2.14. The Morgan fingerprint density at radius 3 is 2.56 bits per heavy atom. The molecule has 0 N–H and O–H groups in total. The summed E-state index contributed by atoms with van der Waals surface area (Å²) >= 11 is 1.41. The van der Waals surface area contributed by atoms with E-state index >= 15 is 0 Å². The van der Waals surface area contributed by atoms with E-state index in [1.54, 1.807) is 6.07 Å². The lowest BCUT2D eigenvalue weighted by atomic mass is 10.1. The maximum absolute atomic E-state index is 11.5. The molecule has 0 unspecified atom stereocenters. The van der Waals surface area contributed by atoms with Crippen molar-refractivity contribution in [1.82, 2.24) is 0 Å². The Bertz CT molecular complexity index is 447. The summed E-state index contributed by atoms with van der Waals surface area (Å²) < 4.78 is 5.22. The summed E-state index contributed by atoms with van der Waals surface area (Å²) in [5.74, 6) is 0.0431. The van der Waals surface area contributed by atoms with Gasteiger partial charge in [-0.05, 0) is 45.4 Å². The molecule has 98 valence electrons. The van der Waals surface area contributed by atoms with Gasteiger partial charge in [0.25, 0.3) is 0 Å². The number of aryl methyl sites for hydroxylation is 1. The van der Waals surface area contributed by atoms with Crippen LogP contribution in [-0.4, -0.2) is 23.6 Å². The number of carbonyl (C=O) groups excluding carboxylic acids is 2. The summed E-state index contributed by atoms with van der Waals surface area (Å²) in [7, 11) is 0. The number of esters is 1. The van der Waals surface area contributed by atoms with Gasteiger partial charge in [0.2, 0.25) is 0 Å². The highest BCUT2D eigenvalue weighted by Crippen LogP contribution is 2.21. The van der Waals surface area contributed by atoms with Crippen molar-refractivity contribution in [2.24, 2.45) is 0 Å². The number of carbonyl (C=O) groups is 2. The highest BCUT2D eigenvalue weighted by molar-refractivity contribution is 8.00. The van der Waals surface area contributed by atoms with E-state index in [0.29, 0.717) is 5.56 Å². The van der Waals surface area contributed by atoms with Gasteiger partial charge in [-0.15, -0.1) is 11.8 Å². The average Bonchev–Trinajstić information content (AvgIpc) is 2.24. The Kier molecular flexibility index (Phi) is 4.96. The minimum absolute atomic E-state index is 0.232. The summed E-state index contributed by atoms with van der Waals surface area (Å²) in [6.07, 6.45) is 0.831. The molecule has 0 atom stereocenters. The second-order valence-electron chi connectivity index (χ2n) is 5.01. The molecule has 1 aromatic rings. The number of ether oxygens (including phenoxy) is 1. The van der Waals surface area contributed by atoms with Gasteiger partial charge in [0, 0.05) is 10.5 Å². The standard InChI is InChI=1S/C14H18O3S/c1-10-7-12(6-5-11(10)8-15)18-9-13(16)17-14(2,3)4/h5-8H,9H2,1-4H3. The number of hydrogen-bond acceptors (Lipinski definition) is 4. The van der Waals surface area contributed by atoms with Crippen LogP contribution in [0.1, 0.15) is 36.7 Å². The second-order valence-corrected chi connectivity index (χ2v) is 6.06. The van der Waals surface area contributed by atoms with Crippen molar-refractivity contribution in [2.45, 2.75) is 38.2 Å². The number of rotatable bonds is 4. The van der Waals surface area contributed by atoms with Crippen LogP contribution in [0.5, 0.6) is 0 Å². The first-order valence-electron chi connectivity index (χ1n) is 5.72. The molecule has 0 aliphatic rings. The van der Waals surface area contributed by atoms with Crippen molar-refractivity contribution in [1.29, 1.82) is 0 Å². The lowest BCUT2D eigenvalue weighted by Crippen LogP contribution is -2.24. The fourth-order valence-corrected chi connectivity index (χ4v) is 2.15. The van der Waals surface area contributed by atoms with Crippen LogP contribution in [-0.2, 0) is 9.53 Å². The zero-order valence-electron chi connectivity index (χ0n) is 11.1. The van der Waals surface area contributed by atoms with E-state index < -0.39 is 5.60 Å². The SMILES string of the molecule is Cc1cc(SCC(=O)OC(C)(C)C)ccc1C=O. The van der Waals surface area contributed by atoms with Crippen LogP contribution in [0.2, 0.25) is 0 Å². The van der Waals surface area contributed by atoms with E-state index in [9.17, 15) is 9.59 Å². The molecule has 0 saturated carbocycles. The Hall–Kier alpha value is -1.29. The van der Waals surface area contributed by atoms with E-state index in [0.717, 1.165) is 16.7 Å². The van der Waals surface area contributed by atoms with Gasteiger partial charge in [-0.2, -0.15) is 0 Å². The molecule has 0 aliphatic heterocycles. The minimum atomic E-state index is -0.449. The van der Waals surface area contributed by atoms with Gasteiger partial charge in [-0.25, -0.2) is 0 Å². The van der Waals surface area contributed by atoms with Gasteiger partial charge in [-0.1, -0.05) is 6.07 Å². The second kappa shape index (κ2) is 6.05. The van der Waals surface area contributed by atoms with Crippen molar-refractivity contribution in [3.8, 4) is 0 Å². The normalized spacial score (nSPS) is 11.1. The predicted octanol–water partition coefficient (Wildman–Crippen LogP) is 3.24. The maximum Gasteiger partial charge on any atom is 0.316 e. The number of hydrogen-bond donors (Lipinski definition) is 0. The molecular formula is C14H18O3S. The molecule has 18 heavy (non-hydrogen) atoms. The molecule has 4 heteroatoms. The minimum Gasteiger partial charge on any atom is -0.459 e. The first-order valence-corrected chi connectivity index (χ1v) is 6.71. The van der Waals surface area contributed by atoms with E-state index in [4.69, 9.17) is 4.74 Å². The van der Waals surface area contributed by atoms with Crippen LogP contribution in [0.4, 0.5) is 0 Å². The van der Waals surface area contributed by atoms with Gasteiger partial charge < -0.3 is 4.74 Å². The van der Waals surface area contributed by atoms with E-state index in [1.165, 1.54) is 11.8 Å². The van der Waals surface area contributed by atoms with Crippen LogP contribution in [0.25, 0.3) is 0 Å². The lowest BCUT2D eigenvalue weighted by Gasteiger charge is -2.19. The molecule has 0 radical (unpaired) electrons. The molecule has 3 nitrogen and oxygen atoms in total. The smallest absolute Gasteiger partial charge is 0.316 e. The molecular weight excluding hydrogens is 248 g/mol. The van der Waals surface area contributed by atoms with Crippen molar-refractivity contribution in [3.05, 3.63) is 29.3 Å². The van der Waals surface area contributed by atoms with Gasteiger partial charge in [0.05, 0.1) is 5.75 Å². The zero-order chi connectivity index (χ0) is 13.8. The highest BCUT2D eigenvalue weighted by atomic mass is 32.2. The summed E-state index contributed by atoms with van der Waals surface area (Å²) in [6.45, 7) is 7.41. The van der Waals surface area contributed by atoms with Crippen molar-refractivity contribution >= 4 is 24.0 Å².